The number of benzene rings is 1. The molecule has 166 valence electrons. The zero-order valence-electron chi connectivity index (χ0n) is 18.0. The number of halogens is 2. The first-order valence-corrected chi connectivity index (χ1v) is 11.0. The van der Waals surface area contributed by atoms with E-state index in [2.05, 4.69) is 20.1 Å². The summed E-state index contributed by atoms with van der Waals surface area (Å²) in [6, 6.07) is 3.42. The van der Waals surface area contributed by atoms with E-state index in [1.807, 2.05) is 18.7 Å². The highest BCUT2D eigenvalue weighted by Crippen LogP contribution is 2.14. The molecule has 1 amide bonds. The summed E-state index contributed by atoms with van der Waals surface area (Å²) >= 11 is 0. The molecule has 0 spiro atoms. The molecule has 2 fully saturated rings. The quantitative estimate of drug-likeness (QED) is 0.565. The number of likely N-dealkylation sites (tertiary alicyclic amines) is 1. The number of guanidine groups is 1. The molecule has 0 bridgehead atoms. The van der Waals surface area contributed by atoms with Crippen molar-refractivity contribution < 1.29 is 13.6 Å². The van der Waals surface area contributed by atoms with Crippen molar-refractivity contribution in [3.63, 3.8) is 0 Å². The minimum atomic E-state index is -0.434. The fraction of sp³-hybridized carbons (Fsp3) is 0.636. The summed E-state index contributed by atoms with van der Waals surface area (Å²) in [5.41, 5.74) is 0.341. The largest absolute Gasteiger partial charge is 0.357 e. The first-order chi connectivity index (χ1) is 14.5. The maximum atomic E-state index is 13.8. The smallest absolute Gasteiger partial charge is 0.239 e. The van der Waals surface area contributed by atoms with Crippen LogP contribution in [-0.4, -0.2) is 85.0 Å². The number of amides is 1. The summed E-state index contributed by atoms with van der Waals surface area (Å²) < 4.78 is 27.2. The molecule has 30 heavy (non-hydrogen) atoms. The molecule has 6 nitrogen and oxygen atoms in total. The van der Waals surface area contributed by atoms with E-state index in [1.54, 1.807) is 0 Å². The Labute approximate surface area is 177 Å². The number of aliphatic imine (C=N–C) groups is 1. The first kappa shape index (κ1) is 22.5. The number of carbonyl (C=O) groups is 1. The molecule has 2 saturated heterocycles. The summed E-state index contributed by atoms with van der Waals surface area (Å²) in [6.07, 6.45) is 2.56. The van der Waals surface area contributed by atoms with E-state index >= 15 is 0 Å². The highest BCUT2D eigenvalue weighted by Gasteiger charge is 2.30. The predicted octanol–water partition coefficient (Wildman–Crippen LogP) is 2.10. The lowest BCUT2D eigenvalue weighted by Gasteiger charge is -2.39. The maximum absolute atomic E-state index is 13.8. The fourth-order valence-corrected chi connectivity index (χ4v) is 4.12. The van der Waals surface area contributed by atoms with Crippen LogP contribution in [0, 0.1) is 11.6 Å². The molecular formula is C22H33F2N5O. The van der Waals surface area contributed by atoms with Crippen molar-refractivity contribution in [2.75, 3.05) is 52.4 Å². The van der Waals surface area contributed by atoms with Crippen molar-refractivity contribution in [2.45, 2.75) is 39.2 Å². The number of nitrogens with zero attached hydrogens (tertiary/aromatic N) is 4. The molecule has 1 unspecified atom stereocenters. The van der Waals surface area contributed by atoms with Crippen LogP contribution in [0.1, 0.15) is 32.3 Å². The van der Waals surface area contributed by atoms with Crippen LogP contribution in [0.4, 0.5) is 8.78 Å². The van der Waals surface area contributed by atoms with Crippen LogP contribution >= 0.6 is 0 Å². The Morgan fingerprint density at radius 1 is 1.10 bits per heavy atom. The normalized spacial score (nSPS) is 19.3. The molecule has 1 aromatic rings. The van der Waals surface area contributed by atoms with Gasteiger partial charge in [0.1, 0.15) is 11.6 Å². The first-order valence-electron chi connectivity index (χ1n) is 11.0. The third kappa shape index (κ3) is 5.68. The van der Waals surface area contributed by atoms with E-state index in [9.17, 15) is 13.6 Å². The molecule has 0 aliphatic carbocycles. The number of rotatable bonds is 6. The van der Waals surface area contributed by atoms with Gasteiger partial charge in [-0.25, -0.2) is 8.78 Å². The van der Waals surface area contributed by atoms with Gasteiger partial charge in [-0.1, -0.05) is 0 Å². The SMILES string of the molecule is CCNC(=NCCc1cc(F)ccc1F)N1CCN(C(C)C(=O)N2CCCC2)CC1. The summed E-state index contributed by atoms with van der Waals surface area (Å²) in [7, 11) is 0. The number of piperazine rings is 1. The lowest BCUT2D eigenvalue weighted by molar-refractivity contribution is -0.135. The van der Waals surface area contributed by atoms with Crippen molar-refractivity contribution in [2.24, 2.45) is 4.99 Å². The standard InChI is InChI=1S/C22H33F2N5O/c1-3-25-22(26-9-8-18-16-19(23)6-7-20(18)24)29-14-12-27(13-15-29)17(2)21(30)28-10-4-5-11-28/h6-7,16-17H,3-5,8-15H2,1-2H3,(H,25,26). The van der Waals surface area contributed by atoms with Crippen molar-refractivity contribution in [1.29, 1.82) is 0 Å². The maximum Gasteiger partial charge on any atom is 0.239 e. The molecule has 0 saturated carbocycles. The second-order valence-corrected chi connectivity index (χ2v) is 7.95. The van der Waals surface area contributed by atoms with Crippen LogP contribution < -0.4 is 5.32 Å². The second-order valence-electron chi connectivity index (χ2n) is 7.95. The van der Waals surface area contributed by atoms with Crippen molar-refractivity contribution >= 4 is 11.9 Å². The third-order valence-corrected chi connectivity index (χ3v) is 5.92. The van der Waals surface area contributed by atoms with Gasteiger partial charge in [-0.3, -0.25) is 14.7 Å². The Morgan fingerprint density at radius 2 is 1.80 bits per heavy atom. The van der Waals surface area contributed by atoms with Gasteiger partial charge in [-0.15, -0.1) is 0 Å². The summed E-state index contributed by atoms with van der Waals surface area (Å²) in [6.45, 7) is 10.0. The lowest BCUT2D eigenvalue weighted by Crippen LogP contribution is -2.57. The Kier molecular flexibility index (Phi) is 8.01. The summed E-state index contributed by atoms with van der Waals surface area (Å²) in [5, 5.41) is 3.29. The molecule has 1 N–H and O–H groups in total. The zero-order valence-corrected chi connectivity index (χ0v) is 18.0. The topological polar surface area (TPSA) is 51.2 Å². The molecule has 3 rings (SSSR count). The van der Waals surface area contributed by atoms with Crippen molar-refractivity contribution in [1.82, 2.24) is 20.0 Å². The number of nitrogens with one attached hydrogen (secondary N) is 1. The third-order valence-electron chi connectivity index (χ3n) is 5.92. The summed E-state index contributed by atoms with van der Waals surface area (Å²) in [5.74, 6) is 0.184. The van der Waals surface area contributed by atoms with E-state index in [0.29, 0.717) is 18.5 Å². The summed E-state index contributed by atoms with van der Waals surface area (Å²) in [4.78, 5) is 23.7. The van der Waals surface area contributed by atoms with Gasteiger partial charge in [0.15, 0.2) is 5.96 Å². The molecule has 0 radical (unpaired) electrons. The minimum absolute atomic E-state index is 0.0966. The number of hydrogen-bond acceptors (Lipinski definition) is 3. The molecule has 1 aromatic carbocycles. The average Bonchev–Trinajstić information content (AvgIpc) is 3.29. The van der Waals surface area contributed by atoms with Crippen LogP contribution in [0.3, 0.4) is 0 Å². The highest BCUT2D eigenvalue weighted by atomic mass is 19.1. The van der Waals surface area contributed by atoms with Crippen LogP contribution in [0.15, 0.2) is 23.2 Å². The van der Waals surface area contributed by atoms with Crippen LogP contribution in [0.5, 0.6) is 0 Å². The number of carbonyl (C=O) groups excluding carboxylic acids is 1. The van der Waals surface area contributed by atoms with Gasteiger partial charge in [0, 0.05) is 52.4 Å². The zero-order chi connectivity index (χ0) is 21.5. The van der Waals surface area contributed by atoms with E-state index in [-0.39, 0.29) is 11.9 Å². The molecule has 2 aliphatic heterocycles. The molecule has 8 heteroatoms. The van der Waals surface area contributed by atoms with Crippen molar-refractivity contribution in [3.05, 3.63) is 35.4 Å². The van der Waals surface area contributed by atoms with Gasteiger partial charge in [-0.05, 0) is 56.9 Å². The van der Waals surface area contributed by atoms with Crippen LogP contribution in [-0.2, 0) is 11.2 Å². The number of hydrogen-bond donors (Lipinski definition) is 1. The highest BCUT2D eigenvalue weighted by molar-refractivity contribution is 5.82. The Balaban J connectivity index is 1.53. The van der Waals surface area contributed by atoms with Crippen LogP contribution in [0.25, 0.3) is 0 Å². The van der Waals surface area contributed by atoms with Gasteiger partial charge in [-0.2, -0.15) is 0 Å². The van der Waals surface area contributed by atoms with Gasteiger partial charge >= 0.3 is 0 Å². The minimum Gasteiger partial charge on any atom is -0.357 e. The second kappa shape index (κ2) is 10.7. The molecule has 2 heterocycles. The lowest BCUT2D eigenvalue weighted by atomic mass is 10.1. The van der Waals surface area contributed by atoms with E-state index in [0.717, 1.165) is 76.7 Å². The molecule has 1 atom stereocenters. The van der Waals surface area contributed by atoms with Gasteiger partial charge < -0.3 is 15.1 Å². The Bertz CT molecular complexity index is 743. The van der Waals surface area contributed by atoms with E-state index in [4.69, 9.17) is 0 Å². The monoisotopic (exact) mass is 421 g/mol. The van der Waals surface area contributed by atoms with E-state index in [1.165, 1.54) is 6.07 Å². The van der Waals surface area contributed by atoms with E-state index < -0.39 is 11.6 Å². The van der Waals surface area contributed by atoms with Gasteiger partial charge in [0.2, 0.25) is 5.91 Å². The predicted molar refractivity (Wildman–Crippen MR) is 114 cm³/mol. The Hall–Kier alpha value is -2.22. The molecule has 0 aromatic heterocycles. The van der Waals surface area contributed by atoms with Gasteiger partial charge in [0.05, 0.1) is 6.04 Å². The molecular weight excluding hydrogens is 388 g/mol. The van der Waals surface area contributed by atoms with Crippen molar-refractivity contribution in [3.8, 4) is 0 Å². The van der Waals surface area contributed by atoms with Gasteiger partial charge in [0.25, 0.3) is 0 Å². The average molecular weight is 422 g/mol. The molecule has 2 aliphatic rings. The Morgan fingerprint density at radius 3 is 2.47 bits per heavy atom. The fourth-order valence-electron chi connectivity index (χ4n) is 4.12. The van der Waals surface area contributed by atoms with Crippen LogP contribution in [0.2, 0.25) is 0 Å².